The molecule has 0 aliphatic carbocycles. The molecule has 8 heteroatoms. The summed E-state index contributed by atoms with van der Waals surface area (Å²) in [4.78, 5) is 38.9. The summed E-state index contributed by atoms with van der Waals surface area (Å²) in [5.41, 5.74) is 3.35. The van der Waals surface area contributed by atoms with E-state index in [0.717, 1.165) is 22.0 Å². The average molecular weight is 431 g/mol. The van der Waals surface area contributed by atoms with Crippen molar-refractivity contribution in [2.75, 3.05) is 12.0 Å². The first kappa shape index (κ1) is 20.9. The molecule has 1 aliphatic rings. The van der Waals surface area contributed by atoms with Crippen LogP contribution in [0, 0.1) is 13.8 Å². The number of rotatable bonds is 4. The minimum atomic E-state index is -0.808. The van der Waals surface area contributed by atoms with Crippen LogP contribution in [0.5, 0.6) is 11.5 Å². The number of amides is 4. The molecule has 4 amide bonds. The number of phenolic OH excluding ortho intramolecular Hbond substituents is 1. The number of benzene rings is 2. The summed E-state index contributed by atoms with van der Waals surface area (Å²) in [5, 5.41) is 11.8. The van der Waals surface area contributed by atoms with Crippen molar-refractivity contribution in [3.8, 4) is 17.2 Å². The maximum atomic E-state index is 13.1. The van der Waals surface area contributed by atoms with E-state index in [1.807, 2.05) is 24.5 Å². The van der Waals surface area contributed by atoms with Crippen LogP contribution in [0.15, 0.2) is 60.2 Å². The first-order chi connectivity index (χ1) is 15.3. The van der Waals surface area contributed by atoms with E-state index in [1.54, 1.807) is 48.5 Å². The first-order valence-corrected chi connectivity index (χ1v) is 9.84. The molecular weight excluding hydrogens is 410 g/mol. The molecule has 1 fully saturated rings. The van der Waals surface area contributed by atoms with E-state index >= 15 is 0 Å². The lowest BCUT2D eigenvalue weighted by Gasteiger charge is -2.26. The van der Waals surface area contributed by atoms with Gasteiger partial charge in [0.15, 0.2) is 0 Å². The number of hydrogen-bond donors (Lipinski definition) is 2. The molecule has 0 spiro atoms. The molecule has 1 aromatic heterocycles. The van der Waals surface area contributed by atoms with Crippen molar-refractivity contribution in [3.63, 3.8) is 0 Å². The smallest absolute Gasteiger partial charge is 0.335 e. The molecule has 162 valence electrons. The maximum absolute atomic E-state index is 13.1. The Morgan fingerprint density at radius 1 is 0.938 bits per heavy atom. The number of nitrogens with one attached hydrogen (secondary N) is 1. The Morgan fingerprint density at radius 3 is 2.19 bits per heavy atom. The monoisotopic (exact) mass is 431 g/mol. The van der Waals surface area contributed by atoms with Gasteiger partial charge in [-0.25, -0.2) is 9.69 Å². The van der Waals surface area contributed by atoms with Crippen LogP contribution in [0.25, 0.3) is 11.8 Å². The van der Waals surface area contributed by atoms with Gasteiger partial charge in [0, 0.05) is 17.1 Å². The van der Waals surface area contributed by atoms with Crippen LogP contribution in [0.3, 0.4) is 0 Å². The highest BCUT2D eigenvalue weighted by atomic mass is 16.5. The van der Waals surface area contributed by atoms with Gasteiger partial charge in [0.25, 0.3) is 11.8 Å². The molecule has 0 atom stereocenters. The molecule has 1 aliphatic heterocycles. The van der Waals surface area contributed by atoms with E-state index in [4.69, 9.17) is 4.74 Å². The molecule has 4 rings (SSSR count). The lowest BCUT2D eigenvalue weighted by molar-refractivity contribution is -0.122. The number of nitrogens with zero attached hydrogens (tertiary/aromatic N) is 2. The molecule has 8 nitrogen and oxygen atoms in total. The minimum absolute atomic E-state index is 0.147. The summed E-state index contributed by atoms with van der Waals surface area (Å²) in [5.74, 6) is -0.726. The van der Waals surface area contributed by atoms with E-state index in [0.29, 0.717) is 17.0 Å². The van der Waals surface area contributed by atoms with Crippen LogP contribution < -0.4 is 15.0 Å². The van der Waals surface area contributed by atoms with Gasteiger partial charge in [0.2, 0.25) is 0 Å². The number of carbonyl (C=O) groups is 3. The zero-order chi connectivity index (χ0) is 23.0. The summed E-state index contributed by atoms with van der Waals surface area (Å²) in [6, 6.07) is 14.2. The summed E-state index contributed by atoms with van der Waals surface area (Å²) in [6.45, 7) is 3.77. The summed E-state index contributed by atoms with van der Waals surface area (Å²) in [6.07, 6.45) is 1.49. The van der Waals surface area contributed by atoms with E-state index in [1.165, 1.54) is 13.2 Å². The van der Waals surface area contributed by atoms with Crippen molar-refractivity contribution in [3.05, 3.63) is 77.1 Å². The highest BCUT2D eigenvalue weighted by Gasteiger charge is 2.37. The van der Waals surface area contributed by atoms with Crippen molar-refractivity contribution < 1.29 is 24.2 Å². The number of hydrogen-bond acceptors (Lipinski definition) is 5. The summed E-state index contributed by atoms with van der Waals surface area (Å²) >= 11 is 0. The third-order valence-corrected chi connectivity index (χ3v) is 5.31. The fraction of sp³-hybridized carbons (Fsp3) is 0.125. The van der Waals surface area contributed by atoms with Gasteiger partial charge in [-0.05, 0) is 80.1 Å². The molecular formula is C24H21N3O5. The van der Waals surface area contributed by atoms with Crippen LogP contribution in [-0.2, 0) is 9.59 Å². The molecule has 2 heterocycles. The zero-order valence-electron chi connectivity index (χ0n) is 17.7. The molecule has 32 heavy (non-hydrogen) atoms. The van der Waals surface area contributed by atoms with Crippen molar-refractivity contribution >= 4 is 29.6 Å². The van der Waals surface area contributed by atoms with Gasteiger partial charge in [0.05, 0.1) is 12.8 Å². The van der Waals surface area contributed by atoms with Gasteiger partial charge in [0.1, 0.15) is 17.1 Å². The molecule has 3 aromatic rings. The number of aromatic hydroxyl groups is 1. The molecule has 0 bridgehead atoms. The Kier molecular flexibility index (Phi) is 5.28. The van der Waals surface area contributed by atoms with E-state index in [-0.39, 0.29) is 11.3 Å². The molecule has 1 saturated heterocycles. The lowest BCUT2D eigenvalue weighted by atomic mass is 10.1. The molecule has 2 N–H and O–H groups in total. The van der Waals surface area contributed by atoms with Crippen molar-refractivity contribution in [2.45, 2.75) is 13.8 Å². The SMILES string of the molecule is COc1ccc(N2C(=O)NC(=O)/C(=C/c3cc(C)n(-c4ccc(O)cc4)c3C)C2=O)cc1. The molecule has 0 radical (unpaired) electrons. The number of imide groups is 2. The van der Waals surface area contributed by atoms with Crippen molar-refractivity contribution in [1.29, 1.82) is 0 Å². The van der Waals surface area contributed by atoms with Crippen LogP contribution >= 0.6 is 0 Å². The van der Waals surface area contributed by atoms with Crippen LogP contribution in [0.1, 0.15) is 17.0 Å². The molecule has 0 unspecified atom stereocenters. The van der Waals surface area contributed by atoms with Crippen LogP contribution in [-0.4, -0.2) is 34.6 Å². The van der Waals surface area contributed by atoms with E-state index in [9.17, 15) is 19.5 Å². The van der Waals surface area contributed by atoms with E-state index < -0.39 is 17.8 Å². The van der Waals surface area contributed by atoms with Gasteiger partial charge < -0.3 is 14.4 Å². The average Bonchev–Trinajstić information content (AvgIpc) is 3.05. The number of urea groups is 1. The zero-order valence-corrected chi connectivity index (χ0v) is 17.7. The third kappa shape index (κ3) is 3.62. The minimum Gasteiger partial charge on any atom is -0.508 e. The Bertz CT molecular complexity index is 1250. The highest BCUT2D eigenvalue weighted by molar-refractivity contribution is 6.39. The largest absolute Gasteiger partial charge is 0.508 e. The second-order valence-corrected chi connectivity index (χ2v) is 7.33. The predicted molar refractivity (Wildman–Crippen MR) is 119 cm³/mol. The van der Waals surface area contributed by atoms with Crippen molar-refractivity contribution in [2.24, 2.45) is 0 Å². The first-order valence-electron chi connectivity index (χ1n) is 9.84. The van der Waals surface area contributed by atoms with Gasteiger partial charge in [-0.3, -0.25) is 14.9 Å². The number of aryl methyl sites for hydroxylation is 1. The highest BCUT2D eigenvalue weighted by Crippen LogP contribution is 2.27. The maximum Gasteiger partial charge on any atom is 0.335 e. The Balaban J connectivity index is 1.73. The number of barbiturate groups is 1. The lowest BCUT2D eigenvalue weighted by Crippen LogP contribution is -2.54. The summed E-state index contributed by atoms with van der Waals surface area (Å²) < 4.78 is 7.06. The topological polar surface area (TPSA) is 101 Å². The second-order valence-electron chi connectivity index (χ2n) is 7.33. The fourth-order valence-electron chi connectivity index (χ4n) is 3.71. The van der Waals surface area contributed by atoms with E-state index in [2.05, 4.69) is 5.32 Å². The number of methoxy groups -OCH3 is 1. The Hall–Kier alpha value is -4.33. The quantitative estimate of drug-likeness (QED) is 0.487. The van der Waals surface area contributed by atoms with Crippen LogP contribution in [0.2, 0.25) is 0 Å². The number of anilines is 1. The van der Waals surface area contributed by atoms with Gasteiger partial charge in [-0.15, -0.1) is 0 Å². The number of ether oxygens (including phenoxy) is 1. The second kappa shape index (κ2) is 8.07. The van der Waals surface area contributed by atoms with Gasteiger partial charge >= 0.3 is 6.03 Å². The van der Waals surface area contributed by atoms with Crippen molar-refractivity contribution in [1.82, 2.24) is 9.88 Å². The standard InChI is InChI=1S/C24H21N3O5/c1-14-12-16(15(2)26(14)17-4-8-19(28)9-5-17)13-21-22(29)25-24(31)27(23(21)30)18-6-10-20(32-3)11-7-18/h4-13,28H,1-3H3,(H,25,29,31)/b21-13-. The Labute approximate surface area is 184 Å². The Morgan fingerprint density at radius 2 is 1.56 bits per heavy atom. The van der Waals surface area contributed by atoms with Gasteiger partial charge in [-0.2, -0.15) is 0 Å². The summed E-state index contributed by atoms with van der Waals surface area (Å²) in [7, 11) is 1.52. The fourth-order valence-corrected chi connectivity index (χ4v) is 3.71. The number of phenols is 1. The number of carbonyl (C=O) groups excluding carboxylic acids is 3. The predicted octanol–water partition coefficient (Wildman–Crippen LogP) is 3.47. The molecule has 0 saturated carbocycles. The normalized spacial score (nSPS) is 15.3. The number of aromatic nitrogens is 1. The third-order valence-electron chi connectivity index (χ3n) is 5.31. The molecule has 2 aromatic carbocycles. The van der Waals surface area contributed by atoms with Crippen LogP contribution in [0.4, 0.5) is 10.5 Å². The van der Waals surface area contributed by atoms with Gasteiger partial charge in [-0.1, -0.05) is 0 Å².